The van der Waals surface area contributed by atoms with Crippen LogP contribution in [0.25, 0.3) is 0 Å². The zero-order valence-electron chi connectivity index (χ0n) is 37.2. The van der Waals surface area contributed by atoms with E-state index in [0.29, 0.717) is 42.0 Å². The van der Waals surface area contributed by atoms with Crippen LogP contribution in [-0.2, 0) is 44.2 Å². The Morgan fingerprint density at radius 1 is 1.05 bits per heavy atom. The number of benzene rings is 1. The van der Waals surface area contributed by atoms with E-state index in [1.165, 1.54) is 25.3 Å². The first-order valence-corrected chi connectivity index (χ1v) is 25.4. The van der Waals surface area contributed by atoms with Crippen molar-refractivity contribution in [3.05, 3.63) is 39.8 Å². The summed E-state index contributed by atoms with van der Waals surface area (Å²) in [7, 11) is 0.00496. The molecule has 1 aromatic carbocycles. The van der Waals surface area contributed by atoms with Gasteiger partial charge in [-0.05, 0) is 69.6 Å². The second-order valence-corrected chi connectivity index (χ2v) is 21.4. The van der Waals surface area contributed by atoms with E-state index >= 15 is 0 Å². The van der Waals surface area contributed by atoms with Gasteiger partial charge in [-0.3, -0.25) is 28.8 Å². The minimum absolute atomic E-state index is 0.00592. The second-order valence-electron chi connectivity index (χ2n) is 16.2. The number of ether oxygens (including phenoxy) is 2. The lowest BCUT2D eigenvalue weighted by Crippen LogP contribution is -2.41. The molecule has 0 fully saturated rings. The van der Waals surface area contributed by atoms with Gasteiger partial charge in [-0.25, -0.2) is 14.1 Å². The molecule has 4 atom stereocenters. The van der Waals surface area contributed by atoms with Crippen LogP contribution in [0.5, 0.6) is 5.75 Å². The van der Waals surface area contributed by atoms with Gasteiger partial charge in [0.05, 0.1) is 11.6 Å². The molecule has 0 saturated carbocycles. The van der Waals surface area contributed by atoms with Gasteiger partial charge >= 0.3 is 19.8 Å². The number of amides is 4. The van der Waals surface area contributed by atoms with E-state index in [-0.39, 0.29) is 77.2 Å². The van der Waals surface area contributed by atoms with Crippen LogP contribution < -0.4 is 21.1 Å². The number of hydrogen-bond donors (Lipinski definition) is 6. The fourth-order valence-corrected chi connectivity index (χ4v) is 9.94. The number of unbranched alkanes of at least 4 members (excludes halogenated alkanes) is 1. The van der Waals surface area contributed by atoms with Crippen molar-refractivity contribution < 1.29 is 62.2 Å². The number of phosphoric ester groups is 1. The summed E-state index contributed by atoms with van der Waals surface area (Å²) in [5.41, 5.74) is 5.92. The molecule has 4 amide bonds. The molecule has 7 N–H and O–H groups in total. The number of carbonyl (C=O) groups excluding carboxylic acids is 5. The van der Waals surface area contributed by atoms with E-state index in [1.807, 2.05) is 34.6 Å². The number of nitrogens with one attached hydrogen (secondary N) is 2. The van der Waals surface area contributed by atoms with Gasteiger partial charge in [-0.15, -0.1) is 11.3 Å². The number of primary amides is 1. The lowest BCUT2D eigenvalue weighted by atomic mass is 9.95. The Morgan fingerprint density at radius 3 is 2.35 bits per heavy atom. The van der Waals surface area contributed by atoms with E-state index in [4.69, 9.17) is 25.0 Å². The predicted octanol–water partition coefficient (Wildman–Crippen LogP) is 6.85. The predicted molar refractivity (Wildman–Crippen MR) is 244 cm³/mol. The monoisotopic (exact) mass is 961 g/mol. The summed E-state index contributed by atoms with van der Waals surface area (Å²) in [6, 6.07) is 3.55. The van der Waals surface area contributed by atoms with E-state index in [0.717, 1.165) is 24.2 Å². The highest BCUT2D eigenvalue weighted by Crippen LogP contribution is 2.40. The van der Waals surface area contributed by atoms with Gasteiger partial charge in [0.25, 0.3) is 5.91 Å². The number of nitrogens with two attached hydrogens (primary N) is 1. The maximum atomic E-state index is 13.8. The van der Waals surface area contributed by atoms with Gasteiger partial charge in [0, 0.05) is 67.6 Å². The molecule has 22 heteroatoms. The maximum absolute atomic E-state index is 13.8. The van der Waals surface area contributed by atoms with Gasteiger partial charge in [-0.1, -0.05) is 61.8 Å². The first-order valence-electron chi connectivity index (χ1n) is 20.7. The number of carboxylic acid groups (broad SMARTS) is 1. The number of nitrogens with zero attached hydrogens (tertiary/aromatic N) is 2. The van der Waals surface area contributed by atoms with Crippen LogP contribution in [0.1, 0.15) is 133 Å². The lowest BCUT2D eigenvalue weighted by molar-refractivity contribution is -0.148. The topological polar surface area (TPSA) is 274 Å². The van der Waals surface area contributed by atoms with Crippen LogP contribution in [-0.4, -0.2) is 96.8 Å². The maximum Gasteiger partial charge on any atom is 0.472 e. The zero-order valence-corrected chi connectivity index (χ0v) is 40.6. The summed E-state index contributed by atoms with van der Waals surface area (Å²) < 4.78 is 26.6. The van der Waals surface area contributed by atoms with Crippen molar-refractivity contribution in [2.75, 3.05) is 24.9 Å². The first-order chi connectivity index (χ1) is 29.4. The Balaban J connectivity index is 2.35. The summed E-state index contributed by atoms with van der Waals surface area (Å²) in [6.07, 6.45) is 2.99. The highest BCUT2D eigenvalue weighted by Gasteiger charge is 2.31. The molecule has 0 aliphatic rings. The molecular formula is C41H64N5O13PS3. The minimum atomic E-state index is -4.88. The number of hydrogen-bond acceptors (Lipinski definition) is 14. The van der Waals surface area contributed by atoms with Crippen LogP contribution in [0.15, 0.2) is 23.6 Å². The average Bonchev–Trinajstić information content (AvgIpc) is 3.68. The third kappa shape index (κ3) is 21.7. The summed E-state index contributed by atoms with van der Waals surface area (Å²) in [4.78, 5) is 99.8. The number of carboxylic acids is 1. The smallest absolute Gasteiger partial charge is 0.472 e. The van der Waals surface area contributed by atoms with Crippen molar-refractivity contribution in [2.45, 2.75) is 136 Å². The number of esters is 1. The van der Waals surface area contributed by atoms with Crippen LogP contribution in [0.2, 0.25) is 0 Å². The molecule has 0 radical (unpaired) electrons. The van der Waals surface area contributed by atoms with Crippen LogP contribution >= 0.6 is 40.7 Å². The molecule has 18 nitrogen and oxygen atoms in total. The standard InChI is InChI=1S/C41H64N5O13PS3/c1-9-10-13-37(50)46(8)32(25(2)3)22-34(59-27(5)47)39-45-31(23-61-39)38(51)43-29(19-26(4)40(52)53)20-28-14-15-33(57-24-58-60(54,55)56)30(21-28)44-36(49)16-17-41(6,7)63-62-18-11-12-35(42)48/h14-15,21,23,25-26,29,32,34H,9-13,16-20,22,24H2,1-8H3,(H2,42,48)(H,43,51)(H,44,49)(H,52,53)(H2,54,55,56)/t26?,29-,32?,34-/m1/s1. The molecular weight excluding hydrogens is 898 g/mol. The third-order valence-electron chi connectivity index (χ3n) is 9.72. The number of anilines is 1. The molecule has 0 saturated heterocycles. The number of phosphoric acid groups is 1. The van der Waals surface area contributed by atoms with Crippen LogP contribution in [0.3, 0.4) is 0 Å². The van der Waals surface area contributed by atoms with Crippen molar-refractivity contribution in [3.8, 4) is 5.75 Å². The van der Waals surface area contributed by atoms with Crippen molar-refractivity contribution in [1.82, 2.24) is 15.2 Å². The zero-order chi connectivity index (χ0) is 47.5. The molecule has 0 aliphatic heterocycles. The van der Waals surface area contributed by atoms with Gasteiger partial charge < -0.3 is 45.6 Å². The highest BCUT2D eigenvalue weighted by molar-refractivity contribution is 8.77. The number of carbonyl (C=O) groups is 6. The number of aliphatic carboxylic acids is 1. The Morgan fingerprint density at radius 2 is 1.75 bits per heavy atom. The molecule has 2 rings (SSSR count). The Hall–Kier alpha value is -3.72. The average molecular weight is 962 g/mol. The van der Waals surface area contributed by atoms with Gasteiger partial charge in [-0.2, -0.15) is 0 Å². The normalized spacial score (nSPS) is 13.7. The van der Waals surface area contributed by atoms with Crippen molar-refractivity contribution >= 4 is 82.0 Å². The van der Waals surface area contributed by atoms with E-state index < -0.39 is 50.5 Å². The first kappa shape index (κ1) is 55.4. The summed E-state index contributed by atoms with van der Waals surface area (Å²) in [5, 5.41) is 17.4. The van der Waals surface area contributed by atoms with E-state index in [1.54, 1.807) is 45.7 Å². The summed E-state index contributed by atoms with van der Waals surface area (Å²) >= 11 is 1.12. The van der Waals surface area contributed by atoms with Gasteiger partial charge in [0.1, 0.15) is 16.5 Å². The van der Waals surface area contributed by atoms with Crippen molar-refractivity contribution in [1.29, 1.82) is 0 Å². The van der Waals surface area contributed by atoms with Crippen LogP contribution in [0, 0.1) is 11.8 Å². The van der Waals surface area contributed by atoms with Crippen molar-refractivity contribution in [3.63, 3.8) is 0 Å². The molecule has 354 valence electrons. The van der Waals surface area contributed by atoms with E-state index in [9.17, 15) is 38.4 Å². The van der Waals surface area contributed by atoms with E-state index in [2.05, 4.69) is 20.1 Å². The lowest BCUT2D eigenvalue weighted by Gasteiger charge is -2.33. The number of aromatic nitrogens is 1. The number of thiazole rings is 1. The van der Waals surface area contributed by atoms with Crippen molar-refractivity contribution in [2.24, 2.45) is 17.6 Å². The van der Waals surface area contributed by atoms with Gasteiger partial charge in [0.15, 0.2) is 12.9 Å². The quantitative estimate of drug-likeness (QED) is 0.0154. The van der Waals surface area contributed by atoms with Gasteiger partial charge in [0.2, 0.25) is 17.7 Å². The fraction of sp³-hybridized carbons (Fsp3) is 0.634. The molecule has 2 unspecified atom stereocenters. The molecule has 0 spiro atoms. The fourth-order valence-electron chi connectivity index (χ4n) is 6.25. The van der Waals surface area contributed by atoms with Crippen LogP contribution in [0.4, 0.5) is 5.69 Å². The molecule has 63 heavy (non-hydrogen) atoms. The Bertz CT molecular complexity index is 1890. The molecule has 0 aliphatic carbocycles. The largest absolute Gasteiger partial charge is 0.481 e. The molecule has 1 aromatic heterocycles. The SMILES string of the molecule is CCCCC(=O)N(C)C(C[C@@H](OC(C)=O)c1nc(C(=O)N[C@@H](Cc2ccc(OCOP(=O)(O)O)c(NC(=O)CCC(C)(C)SSCCCC(N)=O)c2)CC(C)C(=O)O)cs1)C(C)C. The molecule has 1 heterocycles. The second kappa shape index (κ2) is 26.9. The third-order valence-corrected chi connectivity index (χ3v) is 14.5. The Kier molecular flexibility index (Phi) is 23.7. The highest BCUT2D eigenvalue weighted by atomic mass is 33.1. The minimum Gasteiger partial charge on any atom is -0.481 e. The molecule has 2 aromatic rings. The summed E-state index contributed by atoms with van der Waals surface area (Å²) in [6.45, 7) is 11.9. The number of rotatable bonds is 30. The Labute approximate surface area is 381 Å². The summed E-state index contributed by atoms with van der Waals surface area (Å²) in [5.74, 6) is -3.15. The molecule has 0 bridgehead atoms.